The third-order valence-corrected chi connectivity index (χ3v) is 4.34. The third kappa shape index (κ3) is 5.28. The van der Waals surface area contributed by atoms with Crippen molar-refractivity contribution in [2.45, 2.75) is 25.8 Å². The van der Waals surface area contributed by atoms with E-state index in [4.69, 9.17) is 16.3 Å². The molecule has 0 aliphatic carbocycles. The van der Waals surface area contributed by atoms with E-state index in [0.717, 1.165) is 4.47 Å². The van der Waals surface area contributed by atoms with Crippen molar-refractivity contribution in [1.29, 1.82) is 0 Å². The van der Waals surface area contributed by atoms with Crippen molar-refractivity contribution in [2.24, 2.45) is 0 Å². The fraction of sp³-hybridized carbons (Fsp3) is 0.467. The summed E-state index contributed by atoms with van der Waals surface area (Å²) in [5.74, 6) is 0. The van der Waals surface area contributed by atoms with Gasteiger partial charge in [0.1, 0.15) is 0 Å². The van der Waals surface area contributed by atoms with Gasteiger partial charge in [-0.2, -0.15) is 0 Å². The van der Waals surface area contributed by atoms with Crippen molar-refractivity contribution < 1.29 is 14.3 Å². The highest BCUT2D eigenvalue weighted by molar-refractivity contribution is 9.10. The van der Waals surface area contributed by atoms with Crippen LogP contribution >= 0.6 is 27.5 Å². The summed E-state index contributed by atoms with van der Waals surface area (Å²) in [6.45, 7) is 3.29. The van der Waals surface area contributed by atoms with Crippen LogP contribution in [0.3, 0.4) is 0 Å². The monoisotopic (exact) mass is 403 g/mol. The first-order valence-electron chi connectivity index (χ1n) is 7.44. The van der Waals surface area contributed by atoms with Crippen LogP contribution in [0.15, 0.2) is 22.7 Å². The largest absolute Gasteiger partial charge is 0.450 e. The van der Waals surface area contributed by atoms with Crippen LogP contribution in [0, 0.1) is 0 Å². The number of carbonyl (C=O) groups is 2. The van der Waals surface area contributed by atoms with Crippen LogP contribution in [0.1, 0.15) is 19.8 Å². The normalized spacial score (nSPS) is 15.2. The molecular formula is C15H19BrClN3O3. The molecule has 0 atom stereocenters. The minimum Gasteiger partial charge on any atom is -0.450 e. The van der Waals surface area contributed by atoms with Gasteiger partial charge in [-0.05, 0) is 38.0 Å². The van der Waals surface area contributed by atoms with Gasteiger partial charge in [-0.15, -0.1) is 0 Å². The Morgan fingerprint density at radius 3 is 2.70 bits per heavy atom. The van der Waals surface area contributed by atoms with Crippen molar-refractivity contribution in [1.82, 2.24) is 10.2 Å². The molecule has 2 N–H and O–H groups in total. The highest BCUT2D eigenvalue weighted by Crippen LogP contribution is 2.25. The zero-order valence-electron chi connectivity index (χ0n) is 12.8. The first-order chi connectivity index (χ1) is 11.0. The number of hydrogen-bond acceptors (Lipinski definition) is 3. The Labute approximate surface area is 148 Å². The lowest BCUT2D eigenvalue weighted by Crippen LogP contribution is -2.47. The van der Waals surface area contributed by atoms with Crippen molar-refractivity contribution in [3.8, 4) is 0 Å². The molecule has 0 unspecified atom stereocenters. The molecule has 0 aromatic heterocycles. The number of urea groups is 1. The van der Waals surface area contributed by atoms with E-state index in [0.29, 0.717) is 43.2 Å². The fourth-order valence-electron chi connectivity index (χ4n) is 2.36. The second-order valence-electron chi connectivity index (χ2n) is 5.18. The molecule has 1 heterocycles. The van der Waals surface area contributed by atoms with Gasteiger partial charge < -0.3 is 20.3 Å². The van der Waals surface area contributed by atoms with E-state index in [-0.39, 0.29) is 18.2 Å². The summed E-state index contributed by atoms with van der Waals surface area (Å²) in [6.07, 6.45) is 1.10. The lowest BCUT2D eigenvalue weighted by atomic mass is 10.1. The first kappa shape index (κ1) is 17.9. The van der Waals surface area contributed by atoms with E-state index >= 15 is 0 Å². The fourth-order valence-corrected chi connectivity index (χ4v) is 3.08. The zero-order valence-corrected chi connectivity index (χ0v) is 15.1. The van der Waals surface area contributed by atoms with Crippen molar-refractivity contribution in [3.63, 3.8) is 0 Å². The minimum absolute atomic E-state index is 0.0231. The Morgan fingerprint density at radius 1 is 1.39 bits per heavy atom. The Morgan fingerprint density at radius 2 is 2.09 bits per heavy atom. The highest BCUT2D eigenvalue weighted by Gasteiger charge is 2.24. The molecule has 2 rings (SSSR count). The SMILES string of the molecule is CCOC(=O)N1CCC(NC(=O)Nc2ccc(Br)cc2Cl)CC1. The molecule has 1 aliphatic heterocycles. The van der Waals surface area contributed by atoms with E-state index in [1.54, 1.807) is 30.0 Å². The van der Waals surface area contributed by atoms with Gasteiger partial charge in [-0.3, -0.25) is 0 Å². The Kier molecular flexibility index (Phi) is 6.53. The number of halogens is 2. The zero-order chi connectivity index (χ0) is 16.8. The maximum Gasteiger partial charge on any atom is 0.409 e. The Hall–Kier alpha value is -1.47. The Balaban J connectivity index is 1.79. The molecule has 1 aromatic rings. The number of carbonyl (C=O) groups excluding carboxylic acids is 2. The first-order valence-corrected chi connectivity index (χ1v) is 8.61. The molecule has 0 radical (unpaired) electrons. The molecule has 0 saturated carbocycles. The average molecular weight is 405 g/mol. The molecule has 0 bridgehead atoms. The average Bonchev–Trinajstić information content (AvgIpc) is 2.51. The number of rotatable bonds is 3. The summed E-state index contributed by atoms with van der Waals surface area (Å²) in [6, 6.07) is 4.97. The van der Waals surface area contributed by atoms with Crippen molar-refractivity contribution >= 4 is 45.3 Å². The molecule has 1 fully saturated rings. The molecule has 1 aliphatic rings. The van der Waals surface area contributed by atoms with Crippen LogP contribution < -0.4 is 10.6 Å². The summed E-state index contributed by atoms with van der Waals surface area (Å²) in [4.78, 5) is 25.3. The van der Waals surface area contributed by atoms with Gasteiger partial charge in [0.25, 0.3) is 0 Å². The number of nitrogens with one attached hydrogen (secondary N) is 2. The maximum absolute atomic E-state index is 12.0. The van der Waals surface area contributed by atoms with E-state index in [1.807, 2.05) is 0 Å². The van der Waals surface area contributed by atoms with Crippen molar-refractivity contribution in [2.75, 3.05) is 25.0 Å². The molecule has 6 nitrogen and oxygen atoms in total. The van der Waals surface area contributed by atoms with Gasteiger partial charge in [0.05, 0.1) is 17.3 Å². The van der Waals surface area contributed by atoms with Crippen LogP contribution in [-0.4, -0.2) is 42.8 Å². The predicted molar refractivity (Wildman–Crippen MR) is 92.9 cm³/mol. The number of piperidine rings is 1. The number of benzene rings is 1. The molecule has 1 aromatic carbocycles. The molecular weight excluding hydrogens is 386 g/mol. The summed E-state index contributed by atoms with van der Waals surface area (Å²) in [5.41, 5.74) is 0.552. The van der Waals surface area contributed by atoms with Gasteiger partial charge in [0.2, 0.25) is 0 Å². The lowest BCUT2D eigenvalue weighted by Gasteiger charge is -2.31. The summed E-state index contributed by atoms with van der Waals surface area (Å²) in [5, 5.41) is 6.10. The van der Waals surface area contributed by atoms with Crippen LogP contribution in [0.4, 0.5) is 15.3 Å². The molecule has 3 amide bonds. The molecule has 8 heteroatoms. The van der Waals surface area contributed by atoms with E-state index in [2.05, 4.69) is 26.6 Å². The van der Waals surface area contributed by atoms with Gasteiger partial charge in [-0.1, -0.05) is 27.5 Å². The van der Waals surface area contributed by atoms with Gasteiger partial charge >= 0.3 is 12.1 Å². The number of amides is 3. The minimum atomic E-state index is -0.302. The molecule has 0 spiro atoms. The number of anilines is 1. The van der Waals surface area contributed by atoms with Crippen LogP contribution in [-0.2, 0) is 4.74 Å². The number of likely N-dealkylation sites (tertiary alicyclic amines) is 1. The second kappa shape index (κ2) is 8.40. The van der Waals surface area contributed by atoms with E-state index in [1.165, 1.54) is 0 Å². The van der Waals surface area contributed by atoms with Gasteiger partial charge in [-0.25, -0.2) is 9.59 Å². The van der Waals surface area contributed by atoms with E-state index in [9.17, 15) is 9.59 Å². The maximum atomic E-state index is 12.0. The summed E-state index contributed by atoms with van der Waals surface area (Å²) >= 11 is 9.38. The quantitative estimate of drug-likeness (QED) is 0.804. The lowest BCUT2D eigenvalue weighted by molar-refractivity contribution is 0.0959. The number of hydrogen-bond donors (Lipinski definition) is 2. The smallest absolute Gasteiger partial charge is 0.409 e. The third-order valence-electron chi connectivity index (χ3n) is 3.54. The number of nitrogens with zero attached hydrogens (tertiary/aromatic N) is 1. The van der Waals surface area contributed by atoms with Crippen molar-refractivity contribution in [3.05, 3.63) is 27.7 Å². The molecule has 23 heavy (non-hydrogen) atoms. The number of ether oxygens (including phenoxy) is 1. The summed E-state index contributed by atoms with van der Waals surface area (Å²) < 4.78 is 5.82. The van der Waals surface area contributed by atoms with E-state index < -0.39 is 0 Å². The predicted octanol–water partition coefficient (Wildman–Crippen LogP) is 3.84. The molecule has 126 valence electrons. The van der Waals surface area contributed by atoms with Crippen LogP contribution in [0.2, 0.25) is 5.02 Å². The van der Waals surface area contributed by atoms with Gasteiger partial charge in [0.15, 0.2) is 0 Å². The Bertz CT molecular complexity index is 577. The molecule has 1 saturated heterocycles. The highest BCUT2D eigenvalue weighted by atomic mass is 79.9. The van der Waals surface area contributed by atoms with Crippen LogP contribution in [0.25, 0.3) is 0 Å². The summed E-state index contributed by atoms with van der Waals surface area (Å²) in [7, 11) is 0. The topological polar surface area (TPSA) is 70.7 Å². The standard InChI is InChI=1S/C15H19BrClN3O3/c1-2-23-15(22)20-7-5-11(6-8-20)18-14(21)19-13-4-3-10(16)9-12(13)17/h3-4,9,11H,2,5-8H2,1H3,(H2,18,19,21). The second-order valence-corrected chi connectivity index (χ2v) is 6.51. The van der Waals surface area contributed by atoms with Gasteiger partial charge in [0, 0.05) is 23.6 Å². The van der Waals surface area contributed by atoms with Crippen LogP contribution in [0.5, 0.6) is 0 Å².